The Bertz CT molecular complexity index is 940. The second kappa shape index (κ2) is 9.00. The van der Waals surface area contributed by atoms with Crippen molar-refractivity contribution < 1.29 is 27.9 Å². The van der Waals surface area contributed by atoms with Crippen LogP contribution in [0, 0.1) is 6.92 Å². The molecular weight excluding hydrogens is 421 g/mol. The van der Waals surface area contributed by atoms with Crippen LogP contribution in [-0.4, -0.2) is 47.3 Å². The highest BCUT2D eigenvalue weighted by molar-refractivity contribution is 7.16. The minimum Gasteiger partial charge on any atom is -0.475 e. The monoisotopic (exact) mass is 442 g/mol. The zero-order valence-corrected chi connectivity index (χ0v) is 16.9. The average molecular weight is 442 g/mol. The minimum atomic E-state index is -5.08. The molecule has 2 aromatic rings. The van der Waals surface area contributed by atoms with Gasteiger partial charge in [-0.1, -0.05) is 6.07 Å². The van der Waals surface area contributed by atoms with Crippen molar-refractivity contribution in [1.29, 1.82) is 0 Å². The van der Waals surface area contributed by atoms with Gasteiger partial charge >= 0.3 is 12.1 Å². The first kappa shape index (κ1) is 22.0. The number of benzene rings is 1. The van der Waals surface area contributed by atoms with Gasteiger partial charge in [0.15, 0.2) is 5.13 Å². The standard InChI is InChI=1S/C17H20N4OS.C2HF3O2/c1-10-16(11-2-3-14-12(8-11)9-15(22)20-14)21-17(23-10)19-13-4-6-18-7-5-13;3-2(4,5)1(6)7/h2-3,8,13,18H,4-7,9H2,1H3,(H,19,21)(H,20,22);(H,6,7). The fourth-order valence-electron chi connectivity index (χ4n) is 3.24. The summed E-state index contributed by atoms with van der Waals surface area (Å²) in [7, 11) is 0. The van der Waals surface area contributed by atoms with Crippen LogP contribution in [-0.2, 0) is 16.0 Å². The van der Waals surface area contributed by atoms with Crippen molar-refractivity contribution in [3.63, 3.8) is 0 Å². The van der Waals surface area contributed by atoms with E-state index in [1.807, 2.05) is 12.1 Å². The first-order valence-corrected chi connectivity index (χ1v) is 10.1. The predicted molar refractivity (Wildman–Crippen MR) is 108 cm³/mol. The summed E-state index contributed by atoms with van der Waals surface area (Å²) in [6, 6.07) is 6.62. The molecule has 2 aliphatic rings. The number of halogens is 3. The summed E-state index contributed by atoms with van der Waals surface area (Å²) in [5, 5.41) is 18.0. The maximum atomic E-state index is 11.5. The number of anilines is 2. The zero-order chi connectivity index (χ0) is 21.9. The third-order valence-corrected chi connectivity index (χ3v) is 5.61. The van der Waals surface area contributed by atoms with Crippen molar-refractivity contribution >= 4 is 34.0 Å². The first-order valence-electron chi connectivity index (χ1n) is 9.31. The van der Waals surface area contributed by atoms with Crippen molar-refractivity contribution in [2.75, 3.05) is 23.7 Å². The van der Waals surface area contributed by atoms with Crippen molar-refractivity contribution in [3.8, 4) is 11.3 Å². The summed E-state index contributed by atoms with van der Waals surface area (Å²) in [6.07, 6.45) is -2.34. The molecule has 7 nitrogen and oxygen atoms in total. The number of rotatable bonds is 3. The number of fused-ring (bicyclic) bond motifs is 1. The van der Waals surface area contributed by atoms with Crippen molar-refractivity contribution in [3.05, 3.63) is 28.6 Å². The van der Waals surface area contributed by atoms with Crippen LogP contribution in [0.15, 0.2) is 18.2 Å². The number of hydrogen-bond donors (Lipinski definition) is 4. The molecule has 0 atom stereocenters. The van der Waals surface area contributed by atoms with Gasteiger partial charge in [0.25, 0.3) is 0 Å². The first-order chi connectivity index (χ1) is 14.1. The maximum Gasteiger partial charge on any atom is 0.490 e. The Balaban J connectivity index is 0.000000318. The largest absolute Gasteiger partial charge is 0.490 e. The summed E-state index contributed by atoms with van der Waals surface area (Å²) in [6.45, 7) is 4.25. The van der Waals surface area contributed by atoms with Gasteiger partial charge in [0, 0.05) is 22.2 Å². The molecule has 1 fully saturated rings. The number of alkyl halides is 3. The van der Waals surface area contributed by atoms with E-state index < -0.39 is 12.1 Å². The Kier molecular flexibility index (Phi) is 6.61. The number of carbonyl (C=O) groups is 2. The van der Waals surface area contributed by atoms with E-state index in [2.05, 4.69) is 28.9 Å². The Labute approximate surface area is 174 Å². The smallest absolute Gasteiger partial charge is 0.475 e. The van der Waals surface area contributed by atoms with E-state index in [1.165, 1.54) is 4.88 Å². The van der Waals surface area contributed by atoms with E-state index in [1.54, 1.807) is 11.3 Å². The molecule has 0 radical (unpaired) electrons. The highest BCUT2D eigenvalue weighted by atomic mass is 32.1. The third-order valence-electron chi connectivity index (χ3n) is 4.71. The van der Waals surface area contributed by atoms with Gasteiger partial charge in [0.2, 0.25) is 5.91 Å². The number of carboxylic acids is 1. The summed E-state index contributed by atoms with van der Waals surface area (Å²) in [4.78, 5) is 26.4. The molecular formula is C19H21F3N4O3S. The number of piperidine rings is 1. The third kappa shape index (κ3) is 5.48. The van der Waals surface area contributed by atoms with Crippen molar-refractivity contribution in [1.82, 2.24) is 10.3 Å². The van der Waals surface area contributed by atoms with Gasteiger partial charge < -0.3 is 21.1 Å². The Morgan fingerprint density at radius 1 is 1.30 bits per heavy atom. The van der Waals surface area contributed by atoms with Gasteiger partial charge in [-0.25, -0.2) is 9.78 Å². The second-order valence-electron chi connectivity index (χ2n) is 6.99. The van der Waals surface area contributed by atoms with Gasteiger partial charge in [0.1, 0.15) is 0 Å². The molecule has 4 N–H and O–H groups in total. The molecule has 11 heteroatoms. The van der Waals surface area contributed by atoms with Crippen LogP contribution in [0.1, 0.15) is 23.3 Å². The van der Waals surface area contributed by atoms with Gasteiger partial charge in [0.05, 0.1) is 12.1 Å². The number of nitrogens with one attached hydrogen (secondary N) is 3. The maximum absolute atomic E-state index is 11.5. The predicted octanol–water partition coefficient (Wildman–Crippen LogP) is 3.41. The molecule has 1 aromatic carbocycles. The lowest BCUT2D eigenvalue weighted by atomic mass is 10.1. The molecule has 0 spiro atoms. The van der Waals surface area contributed by atoms with E-state index in [-0.39, 0.29) is 5.91 Å². The lowest BCUT2D eigenvalue weighted by Gasteiger charge is -2.23. The van der Waals surface area contributed by atoms with Crippen molar-refractivity contribution in [2.24, 2.45) is 0 Å². The number of carbonyl (C=O) groups excluding carboxylic acids is 1. The quantitative estimate of drug-likeness (QED) is 0.581. The Hall–Kier alpha value is -2.66. The molecule has 0 unspecified atom stereocenters. The topological polar surface area (TPSA) is 103 Å². The highest BCUT2D eigenvalue weighted by Gasteiger charge is 2.38. The molecule has 1 aromatic heterocycles. The molecule has 4 rings (SSSR count). The van der Waals surface area contributed by atoms with Crippen LogP contribution in [0.5, 0.6) is 0 Å². The molecule has 0 aliphatic carbocycles. The molecule has 0 saturated carbocycles. The van der Waals surface area contributed by atoms with Crippen LogP contribution in [0.2, 0.25) is 0 Å². The summed E-state index contributed by atoms with van der Waals surface area (Å²) in [5.74, 6) is -2.69. The van der Waals surface area contributed by atoms with Gasteiger partial charge in [-0.3, -0.25) is 4.79 Å². The van der Waals surface area contributed by atoms with E-state index in [4.69, 9.17) is 14.9 Å². The van der Waals surface area contributed by atoms with Crippen LogP contribution in [0.25, 0.3) is 11.3 Å². The molecule has 1 amide bonds. The zero-order valence-electron chi connectivity index (χ0n) is 16.1. The number of aryl methyl sites for hydroxylation is 1. The fraction of sp³-hybridized carbons (Fsp3) is 0.421. The number of thiazole rings is 1. The molecule has 1 saturated heterocycles. The normalized spacial score (nSPS) is 16.3. The van der Waals surface area contributed by atoms with Crippen LogP contribution < -0.4 is 16.0 Å². The van der Waals surface area contributed by atoms with Gasteiger partial charge in [-0.15, -0.1) is 11.3 Å². The number of amides is 1. The summed E-state index contributed by atoms with van der Waals surface area (Å²) >= 11 is 1.71. The van der Waals surface area contributed by atoms with Crippen molar-refractivity contribution in [2.45, 2.75) is 38.4 Å². The van der Waals surface area contributed by atoms with Gasteiger partial charge in [-0.2, -0.15) is 13.2 Å². The number of nitrogens with zero attached hydrogens (tertiary/aromatic N) is 1. The Morgan fingerprint density at radius 2 is 1.97 bits per heavy atom. The molecule has 0 bridgehead atoms. The number of carboxylic acid groups (broad SMARTS) is 1. The number of hydrogen-bond acceptors (Lipinski definition) is 6. The van der Waals surface area contributed by atoms with Gasteiger partial charge in [-0.05, 0) is 50.6 Å². The van der Waals surface area contributed by atoms with E-state index in [0.29, 0.717) is 12.5 Å². The Morgan fingerprint density at radius 3 is 2.60 bits per heavy atom. The molecule has 30 heavy (non-hydrogen) atoms. The fourth-order valence-corrected chi connectivity index (χ4v) is 4.16. The SMILES string of the molecule is Cc1sc(NC2CCNCC2)nc1-c1ccc2c(c1)CC(=O)N2.O=C(O)C(F)(F)F. The van der Waals surface area contributed by atoms with E-state index in [0.717, 1.165) is 53.6 Å². The summed E-state index contributed by atoms with van der Waals surface area (Å²) < 4.78 is 31.7. The average Bonchev–Trinajstić information content (AvgIpc) is 3.22. The lowest BCUT2D eigenvalue weighted by molar-refractivity contribution is -0.192. The van der Waals surface area contributed by atoms with E-state index >= 15 is 0 Å². The summed E-state index contributed by atoms with van der Waals surface area (Å²) in [5.41, 5.74) is 4.10. The second-order valence-corrected chi connectivity index (χ2v) is 8.20. The molecule has 162 valence electrons. The highest BCUT2D eigenvalue weighted by Crippen LogP contribution is 2.34. The number of aliphatic carboxylic acids is 1. The molecule has 2 aliphatic heterocycles. The lowest BCUT2D eigenvalue weighted by Crippen LogP contribution is -2.35. The number of aromatic nitrogens is 1. The van der Waals surface area contributed by atoms with Crippen LogP contribution in [0.4, 0.5) is 24.0 Å². The van der Waals surface area contributed by atoms with E-state index in [9.17, 15) is 18.0 Å². The van der Waals surface area contributed by atoms with Crippen LogP contribution >= 0.6 is 11.3 Å². The van der Waals surface area contributed by atoms with Crippen LogP contribution in [0.3, 0.4) is 0 Å². The minimum absolute atomic E-state index is 0.0698. The molecule has 3 heterocycles.